The van der Waals surface area contributed by atoms with Gasteiger partial charge in [0.15, 0.2) is 0 Å². The minimum atomic E-state index is -0.562. The maximum atomic E-state index is 11.4. The molecule has 1 amide bonds. The van der Waals surface area contributed by atoms with Crippen LogP contribution in [0, 0.1) is 11.8 Å². The first-order valence-corrected chi connectivity index (χ1v) is 6.22. The van der Waals surface area contributed by atoms with E-state index in [1.54, 1.807) is 0 Å². The van der Waals surface area contributed by atoms with Gasteiger partial charge in [0.05, 0.1) is 12.9 Å². The molecule has 6 heteroatoms. The summed E-state index contributed by atoms with van der Waals surface area (Å²) < 4.78 is 5.01. The van der Waals surface area contributed by atoms with Crippen LogP contribution in [0.3, 0.4) is 0 Å². The number of alkyl carbamates (subject to hydrolysis) is 1. The van der Waals surface area contributed by atoms with Gasteiger partial charge in [-0.15, -0.1) is 0 Å². The van der Waals surface area contributed by atoms with Crippen molar-refractivity contribution in [1.29, 1.82) is 0 Å². The highest BCUT2D eigenvalue weighted by molar-refractivity contribution is 5.67. The molecule has 1 aromatic carbocycles. The molecule has 0 bridgehead atoms. The summed E-state index contributed by atoms with van der Waals surface area (Å²) in [5.74, 6) is 5.27. The van der Waals surface area contributed by atoms with Crippen molar-refractivity contribution in [2.75, 3.05) is 6.54 Å². The summed E-state index contributed by atoms with van der Waals surface area (Å²) in [6, 6.07) is 9.35. The number of benzene rings is 1. The number of aromatic amines is 1. The lowest BCUT2D eigenvalue weighted by Crippen LogP contribution is -2.24. The Morgan fingerprint density at radius 3 is 2.90 bits per heavy atom. The third-order valence-electron chi connectivity index (χ3n) is 2.48. The number of hydrogen-bond donors (Lipinski definition) is 2. The molecule has 0 atom stereocenters. The quantitative estimate of drug-likeness (QED) is 0.825. The monoisotopic (exact) mass is 283 g/mol. The molecule has 0 radical (unpaired) electrons. The predicted octanol–water partition coefficient (Wildman–Crippen LogP) is 1.05. The van der Waals surface area contributed by atoms with Crippen LogP contribution in [0.1, 0.15) is 11.1 Å². The van der Waals surface area contributed by atoms with Gasteiger partial charge < -0.3 is 15.0 Å². The minimum absolute atomic E-state index is 0.0853. The summed E-state index contributed by atoms with van der Waals surface area (Å²) in [4.78, 5) is 28.9. The second kappa shape index (κ2) is 7.50. The first-order chi connectivity index (χ1) is 10.3. The molecule has 0 aliphatic carbocycles. The molecule has 0 saturated heterocycles. The largest absolute Gasteiger partial charge is 0.445 e. The van der Waals surface area contributed by atoms with Gasteiger partial charge in [-0.3, -0.25) is 4.79 Å². The fraction of sp³-hybridized carbons (Fsp3) is 0.133. The summed E-state index contributed by atoms with van der Waals surface area (Å²) in [7, 11) is 0. The Bertz CT molecular complexity index is 714. The lowest BCUT2D eigenvalue weighted by molar-refractivity contribution is 0.141. The van der Waals surface area contributed by atoms with E-state index < -0.39 is 6.09 Å². The van der Waals surface area contributed by atoms with Crippen molar-refractivity contribution in [2.45, 2.75) is 6.61 Å². The number of aromatic nitrogens is 2. The van der Waals surface area contributed by atoms with E-state index >= 15 is 0 Å². The van der Waals surface area contributed by atoms with E-state index in [0.717, 1.165) is 5.56 Å². The van der Waals surface area contributed by atoms with Crippen molar-refractivity contribution >= 4 is 6.09 Å². The molecule has 106 valence electrons. The zero-order chi connectivity index (χ0) is 14.9. The van der Waals surface area contributed by atoms with Crippen molar-refractivity contribution in [1.82, 2.24) is 15.3 Å². The Morgan fingerprint density at radius 1 is 1.33 bits per heavy atom. The van der Waals surface area contributed by atoms with E-state index in [1.807, 2.05) is 30.3 Å². The minimum Gasteiger partial charge on any atom is -0.445 e. The Kier molecular flexibility index (Phi) is 5.12. The molecule has 1 heterocycles. The fourth-order valence-corrected chi connectivity index (χ4v) is 1.46. The van der Waals surface area contributed by atoms with Crippen LogP contribution in [-0.4, -0.2) is 22.6 Å². The number of nitrogens with zero attached hydrogens (tertiary/aromatic N) is 1. The highest BCUT2D eigenvalue weighted by Crippen LogP contribution is 2.00. The number of H-pyrrole nitrogens is 1. The van der Waals surface area contributed by atoms with Crippen LogP contribution in [0.5, 0.6) is 0 Å². The Labute approximate surface area is 121 Å². The van der Waals surface area contributed by atoms with E-state index in [1.165, 1.54) is 12.5 Å². The number of rotatable bonds is 3. The average Bonchev–Trinajstić information content (AvgIpc) is 2.52. The summed E-state index contributed by atoms with van der Waals surface area (Å²) in [5.41, 5.74) is 0.835. The Morgan fingerprint density at radius 2 is 2.14 bits per heavy atom. The van der Waals surface area contributed by atoms with Gasteiger partial charge in [0.25, 0.3) is 5.56 Å². The SMILES string of the molecule is O=C(NCC#Cc1cnc[nH]c1=O)OCc1ccccc1. The summed E-state index contributed by atoms with van der Waals surface area (Å²) in [6.07, 6.45) is 2.08. The molecule has 21 heavy (non-hydrogen) atoms. The van der Waals surface area contributed by atoms with E-state index in [4.69, 9.17) is 4.74 Å². The molecule has 0 aliphatic rings. The number of hydrogen-bond acceptors (Lipinski definition) is 4. The van der Waals surface area contributed by atoms with Gasteiger partial charge in [-0.1, -0.05) is 42.2 Å². The number of carbonyl (C=O) groups is 1. The van der Waals surface area contributed by atoms with Crippen molar-refractivity contribution in [3.8, 4) is 11.8 Å². The Balaban J connectivity index is 1.75. The van der Waals surface area contributed by atoms with Crippen molar-refractivity contribution in [3.05, 3.63) is 64.3 Å². The lowest BCUT2D eigenvalue weighted by Gasteiger charge is -2.04. The average molecular weight is 283 g/mol. The van der Waals surface area contributed by atoms with E-state index in [0.29, 0.717) is 0 Å². The smallest absolute Gasteiger partial charge is 0.408 e. The zero-order valence-electron chi connectivity index (χ0n) is 11.1. The topological polar surface area (TPSA) is 84.1 Å². The van der Waals surface area contributed by atoms with E-state index in [-0.39, 0.29) is 24.3 Å². The number of nitrogens with one attached hydrogen (secondary N) is 2. The van der Waals surface area contributed by atoms with Crippen LogP contribution in [-0.2, 0) is 11.3 Å². The van der Waals surface area contributed by atoms with Crippen LogP contribution in [0.4, 0.5) is 4.79 Å². The molecule has 0 saturated carbocycles. The molecular weight excluding hydrogens is 270 g/mol. The second-order valence-corrected chi connectivity index (χ2v) is 4.01. The van der Waals surface area contributed by atoms with Gasteiger partial charge in [0, 0.05) is 6.20 Å². The van der Waals surface area contributed by atoms with Gasteiger partial charge >= 0.3 is 6.09 Å². The molecule has 2 rings (SSSR count). The molecular formula is C15H13N3O3. The van der Waals surface area contributed by atoms with Crippen molar-refractivity contribution in [3.63, 3.8) is 0 Å². The molecule has 0 aliphatic heterocycles. The maximum absolute atomic E-state index is 11.4. The van der Waals surface area contributed by atoms with Crippen LogP contribution < -0.4 is 10.9 Å². The zero-order valence-corrected chi connectivity index (χ0v) is 11.1. The second-order valence-electron chi connectivity index (χ2n) is 4.01. The maximum Gasteiger partial charge on any atom is 0.408 e. The standard InChI is InChI=1S/C15H13N3O3/c19-14-13(9-16-11-18-14)7-4-8-17-15(20)21-10-12-5-2-1-3-6-12/h1-3,5-6,9,11H,8,10H2,(H,17,20)(H,16,18,19). The molecule has 0 fully saturated rings. The number of carbonyl (C=O) groups excluding carboxylic acids is 1. The van der Waals surface area contributed by atoms with Crippen molar-refractivity contribution < 1.29 is 9.53 Å². The molecule has 6 nitrogen and oxygen atoms in total. The van der Waals surface area contributed by atoms with Gasteiger partial charge in [-0.25, -0.2) is 9.78 Å². The lowest BCUT2D eigenvalue weighted by atomic mass is 10.2. The molecule has 0 spiro atoms. The molecule has 2 N–H and O–H groups in total. The van der Waals surface area contributed by atoms with Crippen LogP contribution >= 0.6 is 0 Å². The summed E-state index contributed by atoms with van der Waals surface area (Å²) in [5, 5.41) is 2.48. The van der Waals surface area contributed by atoms with Crippen LogP contribution in [0.25, 0.3) is 0 Å². The fourth-order valence-electron chi connectivity index (χ4n) is 1.46. The predicted molar refractivity (Wildman–Crippen MR) is 76.4 cm³/mol. The van der Waals surface area contributed by atoms with E-state index in [2.05, 4.69) is 27.1 Å². The van der Waals surface area contributed by atoms with Gasteiger partial charge in [-0.2, -0.15) is 0 Å². The summed E-state index contributed by atoms with van der Waals surface area (Å²) >= 11 is 0. The highest BCUT2D eigenvalue weighted by atomic mass is 16.5. The number of ether oxygens (including phenoxy) is 1. The van der Waals surface area contributed by atoms with Gasteiger partial charge in [-0.05, 0) is 5.56 Å². The molecule has 2 aromatic rings. The normalized spacial score (nSPS) is 9.33. The van der Waals surface area contributed by atoms with Gasteiger partial charge in [0.2, 0.25) is 0 Å². The molecule has 0 unspecified atom stereocenters. The highest BCUT2D eigenvalue weighted by Gasteiger charge is 2.00. The first-order valence-electron chi connectivity index (χ1n) is 6.22. The van der Waals surface area contributed by atoms with Gasteiger partial charge in [0.1, 0.15) is 12.2 Å². The van der Waals surface area contributed by atoms with E-state index in [9.17, 15) is 9.59 Å². The first kappa shape index (κ1) is 14.3. The molecule has 1 aromatic heterocycles. The summed E-state index contributed by atoms with van der Waals surface area (Å²) in [6.45, 7) is 0.282. The number of amides is 1. The third-order valence-corrected chi connectivity index (χ3v) is 2.48. The third kappa shape index (κ3) is 4.84. The van der Waals surface area contributed by atoms with Crippen molar-refractivity contribution in [2.24, 2.45) is 0 Å². The Hall–Kier alpha value is -3.07. The van der Waals surface area contributed by atoms with Crippen LogP contribution in [0.15, 0.2) is 47.7 Å². The van der Waals surface area contributed by atoms with Crippen LogP contribution in [0.2, 0.25) is 0 Å².